The van der Waals surface area contributed by atoms with Crippen LogP contribution in [0.15, 0.2) is 0 Å². The summed E-state index contributed by atoms with van der Waals surface area (Å²) in [7, 11) is 0. The summed E-state index contributed by atoms with van der Waals surface area (Å²) in [6.07, 6.45) is 4.13. The van der Waals surface area contributed by atoms with Crippen LogP contribution in [0.3, 0.4) is 0 Å². The van der Waals surface area contributed by atoms with Crippen LogP contribution in [0.25, 0.3) is 0 Å². The summed E-state index contributed by atoms with van der Waals surface area (Å²) < 4.78 is 0. The van der Waals surface area contributed by atoms with Crippen molar-refractivity contribution in [2.24, 2.45) is 35.5 Å². The minimum Gasteiger partial charge on any atom is -0.299 e. The normalized spacial score (nSPS) is 68.9. The van der Waals surface area contributed by atoms with Gasteiger partial charge in [0.15, 0.2) is 0 Å². The lowest BCUT2D eigenvalue weighted by Crippen LogP contribution is -2.44. The van der Waals surface area contributed by atoms with E-state index in [0.29, 0.717) is 17.6 Å². The maximum absolute atomic E-state index is 11.6. The van der Waals surface area contributed by atoms with Gasteiger partial charge in [0, 0.05) is 11.8 Å². The molecule has 58 valence electrons. The van der Waals surface area contributed by atoms with Crippen molar-refractivity contribution in [3.05, 3.63) is 0 Å². The number of ketones is 1. The molecule has 0 heterocycles. The summed E-state index contributed by atoms with van der Waals surface area (Å²) in [5.41, 5.74) is 0. The number of rotatable bonds is 0. The molecule has 0 aromatic carbocycles. The first-order valence-corrected chi connectivity index (χ1v) is 4.91. The summed E-state index contributed by atoms with van der Waals surface area (Å²) in [5.74, 6) is 5.44. The van der Waals surface area contributed by atoms with Crippen LogP contribution >= 0.6 is 0 Å². The van der Waals surface area contributed by atoms with E-state index in [-0.39, 0.29) is 0 Å². The summed E-state index contributed by atoms with van der Waals surface area (Å²) in [4.78, 5) is 11.6. The molecule has 11 heavy (non-hydrogen) atoms. The zero-order valence-corrected chi connectivity index (χ0v) is 6.49. The fourth-order valence-electron chi connectivity index (χ4n) is 4.76. The van der Waals surface area contributed by atoms with E-state index in [4.69, 9.17) is 0 Å². The molecule has 2 bridgehead atoms. The van der Waals surface area contributed by atoms with E-state index < -0.39 is 0 Å². The number of carbonyl (C=O) groups is 1. The quantitative estimate of drug-likeness (QED) is 0.508. The molecule has 0 radical (unpaired) electrons. The van der Waals surface area contributed by atoms with Crippen molar-refractivity contribution in [2.45, 2.75) is 19.3 Å². The van der Waals surface area contributed by atoms with E-state index in [0.717, 1.165) is 23.7 Å². The first kappa shape index (κ1) is 5.34. The van der Waals surface area contributed by atoms with Gasteiger partial charge in [-0.2, -0.15) is 0 Å². The minimum absolute atomic E-state index is 0.550. The predicted octanol–water partition coefficient (Wildman–Crippen LogP) is 1.48. The zero-order valence-electron chi connectivity index (χ0n) is 6.49. The number of hydrogen-bond donors (Lipinski definition) is 0. The molecular weight excluding hydrogens is 136 g/mol. The smallest absolute Gasteiger partial charge is 0.139 e. The third-order valence-corrected chi connectivity index (χ3v) is 4.98. The van der Waals surface area contributed by atoms with Crippen molar-refractivity contribution in [3.63, 3.8) is 0 Å². The van der Waals surface area contributed by atoms with Crippen LogP contribution < -0.4 is 0 Å². The lowest BCUT2D eigenvalue weighted by Gasteiger charge is -2.47. The van der Waals surface area contributed by atoms with Gasteiger partial charge in [0.25, 0.3) is 0 Å². The van der Waals surface area contributed by atoms with Gasteiger partial charge in [0.1, 0.15) is 5.78 Å². The lowest BCUT2D eigenvalue weighted by atomic mass is 9.56. The number of Topliss-reactive ketones (excluding diaryl/α,β-unsaturated/α-hetero) is 1. The predicted molar refractivity (Wildman–Crippen MR) is 39.8 cm³/mol. The molecule has 0 spiro atoms. The van der Waals surface area contributed by atoms with Crippen molar-refractivity contribution in [2.75, 3.05) is 0 Å². The Labute approximate surface area is 66.2 Å². The molecule has 0 N–H and O–H groups in total. The van der Waals surface area contributed by atoms with Crippen LogP contribution in [0.5, 0.6) is 0 Å². The molecule has 4 rings (SSSR count). The van der Waals surface area contributed by atoms with Crippen LogP contribution in [0.2, 0.25) is 0 Å². The average Bonchev–Trinajstić information content (AvgIpc) is 2.45. The molecule has 4 aliphatic carbocycles. The van der Waals surface area contributed by atoms with Gasteiger partial charge in [0.05, 0.1) is 0 Å². The first-order valence-electron chi connectivity index (χ1n) is 4.91. The molecule has 4 fully saturated rings. The molecule has 0 aliphatic heterocycles. The molecule has 6 unspecified atom stereocenters. The van der Waals surface area contributed by atoms with Gasteiger partial charge in [-0.15, -0.1) is 0 Å². The van der Waals surface area contributed by atoms with Gasteiger partial charge in [-0.3, -0.25) is 4.79 Å². The maximum Gasteiger partial charge on any atom is 0.139 e. The second-order valence-corrected chi connectivity index (χ2v) is 4.92. The Bertz CT molecular complexity index is 250. The number of hydrogen-bond acceptors (Lipinski definition) is 1. The van der Waals surface area contributed by atoms with Gasteiger partial charge in [-0.1, -0.05) is 0 Å². The summed E-state index contributed by atoms with van der Waals surface area (Å²) in [5, 5.41) is 0. The maximum atomic E-state index is 11.6. The minimum atomic E-state index is 0.550. The van der Waals surface area contributed by atoms with Crippen LogP contribution in [0, 0.1) is 35.5 Å². The van der Waals surface area contributed by atoms with Crippen LogP contribution in [-0.2, 0) is 4.79 Å². The molecular formula is C10H12O. The molecule has 0 saturated heterocycles. The average molecular weight is 148 g/mol. The highest BCUT2D eigenvalue weighted by molar-refractivity contribution is 5.90. The molecule has 1 nitrogen and oxygen atoms in total. The van der Waals surface area contributed by atoms with E-state index in [2.05, 4.69) is 0 Å². The third kappa shape index (κ3) is 0.344. The topological polar surface area (TPSA) is 17.1 Å². The molecule has 1 heteroatoms. The van der Waals surface area contributed by atoms with E-state index >= 15 is 0 Å². The van der Waals surface area contributed by atoms with Crippen molar-refractivity contribution < 1.29 is 4.79 Å². The lowest BCUT2D eigenvalue weighted by molar-refractivity contribution is -0.125. The number of carbonyl (C=O) groups excluding carboxylic acids is 1. The Kier molecular flexibility index (Phi) is 0.630. The van der Waals surface area contributed by atoms with Crippen molar-refractivity contribution >= 4 is 5.78 Å². The van der Waals surface area contributed by atoms with Gasteiger partial charge in [-0.25, -0.2) is 0 Å². The van der Waals surface area contributed by atoms with Crippen LogP contribution in [0.1, 0.15) is 19.3 Å². The highest BCUT2D eigenvalue weighted by Crippen LogP contribution is 2.72. The highest BCUT2D eigenvalue weighted by atomic mass is 16.1. The molecule has 4 saturated carbocycles. The van der Waals surface area contributed by atoms with E-state index in [1.54, 1.807) is 0 Å². The van der Waals surface area contributed by atoms with E-state index in [1.165, 1.54) is 19.3 Å². The monoisotopic (exact) mass is 148 g/mol. The first-order chi connectivity index (χ1) is 5.38. The SMILES string of the molecule is O=C1C2CC3C4CCC2C4C13. The van der Waals surface area contributed by atoms with Gasteiger partial charge < -0.3 is 0 Å². The summed E-state index contributed by atoms with van der Waals surface area (Å²) in [6, 6.07) is 0. The molecule has 6 atom stereocenters. The fraction of sp³-hybridized carbons (Fsp3) is 0.900. The Morgan fingerprint density at radius 3 is 2.64 bits per heavy atom. The largest absolute Gasteiger partial charge is 0.299 e. The molecule has 4 aliphatic rings. The summed E-state index contributed by atoms with van der Waals surface area (Å²) >= 11 is 0. The molecule has 0 amide bonds. The zero-order chi connectivity index (χ0) is 7.16. The van der Waals surface area contributed by atoms with Gasteiger partial charge in [-0.05, 0) is 42.9 Å². The van der Waals surface area contributed by atoms with Gasteiger partial charge in [0.2, 0.25) is 0 Å². The Balaban J connectivity index is 1.94. The van der Waals surface area contributed by atoms with Crippen molar-refractivity contribution in [1.29, 1.82) is 0 Å². The second-order valence-electron chi connectivity index (χ2n) is 4.92. The highest BCUT2D eigenvalue weighted by Gasteiger charge is 2.72. The van der Waals surface area contributed by atoms with Crippen molar-refractivity contribution in [1.82, 2.24) is 0 Å². The van der Waals surface area contributed by atoms with Crippen LogP contribution in [-0.4, -0.2) is 5.78 Å². The number of fused-ring (bicyclic) bond motifs is 3. The van der Waals surface area contributed by atoms with E-state index in [9.17, 15) is 4.79 Å². The third-order valence-electron chi connectivity index (χ3n) is 4.98. The molecule has 0 aromatic rings. The summed E-state index contributed by atoms with van der Waals surface area (Å²) in [6.45, 7) is 0. The second kappa shape index (κ2) is 1.30. The Morgan fingerprint density at radius 1 is 1.09 bits per heavy atom. The Hall–Kier alpha value is -0.330. The standard InChI is InChI=1S/C10H12O/c11-10-7-3-6-4-1-2-5(7)8(4)9(6)10/h4-9H,1-3H2. The van der Waals surface area contributed by atoms with Crippen LogP contribution in [0.4, 0.5) is 0 Å². The van der Waals surface area contributed by atoms with Crippen molar-refractivity contribution in [3.8, 4) is 0 Å². The fourth-order valence-corrected chi connectivity index (χ4v) is 4.76. The van der Waals surface area contributed by atoms with Gasteiger partial charge >= 0.3 is 0 Å². The molecule has 0 aromatic heterocycles. The Morgan fingerprint density at radius 2 is 1.91 bits per heavy atom. The van der Waals surface area contributed by atoms with E-state index in [1.807, 2.05) is 0 Å².